The number of hydrogen-bond donors (Lipinski definition) is 0. The summed E-state index contributed by atoms with van der Waals surface area (Å²) in [6.45, 7) is 9.25. The average Bonchev–Trinajstić information content (AvgIpc) is 2.36. The van der Waals surface area contributed by atoms with Crippen molar-refractivity contribution >= 4 is 0 Å². The highest BCUT2D eigenvalue weighted by molar-refractivity contribution is 4.99. The van der Waals surface area contributed by atoms with Crippen molar-refractivity contribution in [2.45, 2.75) is 91.9 Å². The molecule has 0 rings (SSSR count). The van der Waals surface area contributed by atoms with Gasteiger partial charge in [0.1, 0.15) is 0 Å². The van der Waals surface area contributed by atoms with E-state index in [9.17, 15) is 0 Å². The van der Waals surface area contributed by atoms with Crippen LogP contribution < -0.4 is 0 Å². The molecule has 2 unspecified atom stereocenters. The fourth-order valence-electron chi connectivity index (χ4n) is 2.20. The van der Waals surface area contributed by atoms with Gasteiger partial charge in [0.15, 0.2) is 0 Å². The van der Waals surface area contributed by atoms with Crippen molar-refractivity contribution in [3.8, 4) is 11.8 Å². The van der Waals surface area contributed by atoms with Crippen LogP contribution in [0.1, 0.15) is 91.9 Å². The highest BCUT2D eigenvalue weighted by atomic mass is 14.1. The van der Waals surface area contributed by atoms with Gasteiger partial charge in [-0.2, -0.15) is 0 Å². The summed E-state index contributed by atoms with van der Waals surface area (Å²) in [7, 11) is 0. The molecule has 0 aliphatic carbocycles. The summed E-state index contributed by atoms with van der Waals surface area (Å²) in [4.78, 5) is 0. The van der Waals surface area contributed by atoms with Gasteiger partial charge >= 0.3 is 0 Å². The zero-order chi connectivity index (χ0) is 13.6. The molecule has 0 N–H and O–H groups in total. The van der Waals surface area contributed by atoms with E-state index in [0.717, 1.165) is 24.7 Å². The summed E-state index contributed by atoms with van der Waals surface area (Å²) in [6, 6.07) is 0. The molecule has 0 spiro atoms. The lowest BCUT2D eigenvalue weighted by Crippen LogP contribution is -1.94. The van der Waals surface area contributed by atoms with Crippen molar-refractivity contribution < 1.29 is 0 Å². The Labute approximate surface area is 116 Å². The van der Waals surface area contributed by atoms with E-state index in [1.165, 1.54) is 51.4 Å². The monoisotopic (exact) mass is 250 g/mol. The van der Waals surface area contributed by atoms with Crippen LogP contribution in [0.15, 0.2) is 0 Å². The van der Waals surface area contributed by atoms with Crippen LogP contribution in [-0.2, 0) is 0 Å². The molecule has 0 bridgehead atoms. The van der Waals surface area contributed by atoms with Crippen LogP contribution in [0, 0.1) is 23.7 Å². The van der Waals surface area contributed by atoms with Gasteiger partial charge in [-0.05, 0) is 24.7 Å². The summed E-state index contributed by atoms with van der Waals surface area (Å²) in [6.07, 6.45) is 13.0. The highest BCUT2D eigenvalue weighted by Crippen LogP contribution is 2.14. The second-order valence-corrected chi connectivity index (χ2v) is 5.94. The van der Waals surface area contributed by atoms with E-state index in [-0.39, 0.29) is 0 Å². The maximum atomic E-state index is 3.37. The Hall–Kier alpha value is -0.440. The van der Waals surface area contributed by atoms with Gasteiger partial charge < -0.3 is 0 Å². The first-order valence-electron chi connectivity index (χ1n) is 8.16. The minimum Gasteiger partial charge on any atom is -0.103 e. The van der Waals surface area contributed by atoms with Crippen LogP contribution in [-0.4, -0.2) is 0 Å². The Morgan fingerprint density at radius 2 is 1.39 bits per heavy atom. The molecule has 0 saturated carbocycles. The van der Waals surface area contributed by atoms with E-state index in [1.54, 1.807) is 0 Å². The molecule has 0 saturated heterocycles. The zero-order valence-corrected chi connectivity index (χ0v) is 13.2. The molecule has 18 heavy (non-hydrogen) atoms. The van der Waals surface area contributed by atoms with E-state index in [0.29, 0.717) is 0 Å². The van der Waals surface area contributed by atoms with Gasteiger partial charge in [-0.25, -0.2) is 0 Å². The Kier molecular flexibility index (Phi) is 12.7. The molecule has 0 amide bonds. The predicted octanol–water partition coefficient (Wildman–Crippen LogP) is 6.20. The minimum atomic E-state index is 0.793. The molecule has 0 heterocycles. The molecule has 0 aromatic rings. The summed E-state index contributed by atoms with van der Waals surface area (Å²) >= 11 is 0. The lowest BCUT2D eigenvalue weighted by molar-refractivity contribution is 0.478. The van der Waals surface area contributed by atoms with Crippen LogP contribution in [0.2, 0.25) is 0 Å². The molecule has 0 aliphatic heterocycles. The van der Waals surface area contributed by atoms with Crippen molar-refractivity contribution in [2.24, 2.45) is 11.8 Å². The SMILES string of the molecule is CCCCCC(C)CC#CCCC(C)CCCC. The summed E-state index contributed by atoms with van der Waals surface area (Å²) in [5, 5.41) is 0. The van der Waals surface area contributed by atoms with Crippen molar-refractivity contribution in [2.75, 3.05) is 0 Å². The van der Waals surface area contributed by atoms with Gasteiger partial charge in [-0.1, -0.05) is 66.2 Å². The van der Waals surface area contributed by atoms with Crippen molar-refractivity contribution in [3.63, 3.8) is 0 Å². The van der Waals surface area contributed by atoms with Crippen LogP contribution >= 0.6 is 0 Å². The van der Waals surface area contributed by atoms with Gasteiger partial charge in [0.2, 0.25) is 0 Å². The molecule has 0 fully saturated rings. The largest absolute Gasteiger partial charge is 0.103 e. The normalized spacial score (nSPS) is 13.8. The summed E-state index contributed by atoms with van der Waals surface area (Å²) in [5.74, 6) is 8.39. The minimum absolute atomic E-state index is 0.793. The lowest BCUT2D eigenvalue weighted by atomic mass is 9.98. The molecule has 0 aromatic heterocycles. The predicted molar refractivity (Wildman–Crippen MR) is 83.6 cm³/mol. The number of unbranched alkanes of at least 4 members (excludes halogenated alkanes) is 3. The lowest BCUT2D eigenvalue weighted by Gasteiger charge is -2.07. The van der Waals surface area contributed by atoms with Crippen LogP contribution in [0.5, 0.6) is 0 Å². The molecule has 2 atom stereocenters. The fourth-order valence-corrected chi connectivity index (χ4v) is 2.20. The van der Waals surface area contributed by atoms with E-state index in [4.69, 9.17) is 0 Å². The van der Waals surface area contributed by atoms with Gasteiger partial charge in [0, 0.05) is 12.8 Å². The Morgan fingerprint density at radius 3 is 2.06 bits per heavy atom. The first kappa shape index (κ1) is 17.6. The summed E-state index contributed by atoms with van der Waals surface area (Å²) in [5.41, 5.74) is 0. The maximum Gasteiger partial charge on any atom is 0.0114 e. The van der Waals surface area contributed by atoms with Crippen molar-refractivity contribution in [1.29, 1.82) is 0 Å². The van der Waals surface area contributed by atoms with Crippen LogP contribution in [0.3, 0.4) is 0 Å². The molecule has 0 radical (unpaired) electrons. The first-order chi connectivity index (χ1) is 8.70. The number of rotatable bonds is 10. The van der Waals surface area contributed by atoms with Gasteiger partial charge in [0.25, 0.3) is 0 Å². The van der Waals surface area contributed by atoms with Crippen LogP contribution in [0.4, 0.5) is 0 Å². The van der Waals surface area contributed by atoms with E-state index < -0.39 is 0 Å². The quantitative estimate of drug-likeness (QED) is 0.320. The number of hydrogen-bond acceptors (Lipinski definition) is 0. The molecule has 0 aromatic carbocycles. The second kappa shape index (κ2) is 13.0. The van der Waals surface area contributed by atoms with E-state index in [1.807, 2.05) is 0 Å². The first-order valence-corrected chi connectivity index (χ1v) is 8.16. The van der Waals surface area contributed by atoms with E-state index in [2.05, 4.69) is 39.5 Å². The Morgan fingerprint density at radius 1 is 0.722 bits per heavy atom. The molecule has 0 aliphatic rings. The molecular formula is C18H34. The van der Waals surface area contributed by atoms with Gasteiger partial charge in [0.05, 0.1) is 0 Å². The van der Waals surface area contributed by atoms with Crippen molar-refractivity contribution in [1.82, 2.24) is 0 Å². The zero-order valence-electron chi connectivity index (χ0n) is 13.2. The highest BCUT2D eigenvalue weighted by Gasteiger charge is 2.00. The van der Waals surface area contributed by atoms with Gasteiger partial charge in [-0.15, -0.1) is 11.8 Å². The topological polar surface area (TPSA) is 0 Å². The third-order valence-electron chi connectivity index (χ3n) is 3.69. The maximum absolute atomic E-state index is 3.37. The smallest absolute Gasteiger partial charge is 0.0114 e. The molecule has 0 heteroatoms. The summed E-state index contributed by atoms with van der Waals surface area (Å²) < 4.78 is 0. The van der Waals surface area contributed by atoms with Crippen molar-refractivity contribution in [3.05, 3.63) is 0 Å². The Balaban J connectivity index is 3.47. The molecule has 106 valence electrons. The standard InChI is InChI=1S/C18H34/c1-5-7-10-14-18(4)16-12-9-11-15-17(3)13-8-6-2/h17-18H,5-8,10-11,13-16H2,1-4H3. The van der Waals surface area contributed by atoms with Gasteiger partial charge in [-0.3, -0.25) is 0 Å². The third kappa shape index (κ3) is 12.0. The third-order valence-corrected chi connectivity index (χ3v) is 3.69. The average molecular weight is 250 g/mol. The molecule has 0 nitrogen and oxygen atoms in total. The Bertz CT molecular complexity index is 218. The van der Waals surface area contributed by atoms with E-state index >= 15 is 0 Å². The second-order valence-electron chi connectivity index (χ2n) is 5.94. The fraction of sp³-hybridized carbons (Fsp3) is 0.889. The molecular weight excluding hydrogens is 216 g/mol. The van der Waals surface area contributed by atoms with Crippen LogP contribution in [0.25, 0.3) is 0 Å².